The number of carbonyl (C=O) groups excluding carboxylic acids is 3. The minimum atomic E-state index is -0.665. The normalized spacial score (nSPS) is 25.4. The van der Waals surface area contributed by atoms with Crippen LogP contribution >= 0.6 is 0 Å². The number of morpholine rings is 1. The van der Waals surface area contributed by atoms with Crippen LogP contribution in [0.25, 0.3) is 10.9 Å². The number of para-hydroxylation sites is 1. The van der Waals surface area contributed by atoms with Gasteiger partial charge in [0.15, 0.2) is 0 Å². The lowest BCUT2D eigenvalue weighted by atomic mass is 10.1. The summed E-state index contributed by atoms with van der Waals surface area (Å²) < 4.78 is 5.63. The van der Waals surface area contributed by atoms with Crippen LogP contribution in [0.4, 0.5) is 4.79 Å². The maximum absolute atomic E-state index is 12.8. The number of carbonyl (C=O) groups is 3. The average molecular weight is 384 g/mol. The summed E-state index contributed by atoms with van der Waals surface area (Å²) in [5, 5.41) is 3.73. The fourth-order valence-electron chi connectivity index (χ4n) is 4.00. The van der Waals surface area contributed by atoms with Gasteiger partial charge in [0.2, 0.25) is 5.91 Å². The third kappa shape index (κ3) is 3.47. The molecular weight excluding hydrogens is 360 g/mol. The molecule has 2 fully saturated rings. The van der Waals surface area contributed by atoms with E-state index < -0.39 is 12.1 Å². The molecule has 0 aliphatic carbocycles. The number of aromatic amines is 1. The molecule has 0 saturated carbocycles. The van der Waals surface area contributed by atoms with Crippen molar-refractivity contribution in [3.05, 3.63) is 36.0 Å². The Labute approximate surface area is 162 Å². The number of amides is 4. The standard InChI is InChI=1S/C20H24N4O4/c1-12-9-23(10-13(2)28-12)18(25)11-24-19(26)17(22-20(24)27)7-14-8-21-16-6-4-3-5-15(14)16/h3-6,8,12-13,17,21H,7,9-11H2,1-2H3,(H,22,27). The summed E-state index contributed by atoms with van der Waals surface area (Å²) in [7, 11) is 0. The molecule has 3 heterocycles. The molecule has 8 nitrogen and oxygen atoms in total. The Bertz CT molecular complexity index is 914. The zero-order valence-corrected chi connectivity index (χ0v) is 16.0. The Morgan fingerprint density at radius 1 is 1.18 bits per heavy atom. The van der Waals surface area contributed by atoms with Gasteiger partial charge >= 0.3 is 6.03 Å². The molecule has 3 unspecified atom stereocenters. The van der Waals surface area contributed by atoms with Crippen molar-refractivity contribution in [2.75, 3.05) is 19.6 Å². The number of rotatable bonds is 4. The lowest BCUT2D eigenvalue weighted by molar-refractivity contribution is -0.146. The summed E-state index contributed by atoms with van der Waals surface area (Å²) in [5.74, 6) is -0.601. The van der Waals surface area contributed by atoms with E-state index in [0.29, 0.717) is 19.5 Å². The van der Waals surface area contributed by atoms with Crippen LogP contribution in [-0.4, -0.2) is 70.5 Å². The summed E-state index contributed by atoms with van der Waals surface area (Å²) in [6.45, 7) is 4.49. The minimum Gasteiger partial charge on any atom is -0.372 e. The zero-order chi connectivity index (χ0) is 19.8. The maximum atomic E-state index is 12.8. The van der Waals surface area contributed by atoms with Crippen molar-refractivity contribution in [1.82, 2.24) is 20.1 Å². The monoisotopic (exact) mass is 384 g/mol. The topological polar surface area (TPSA) is 94.7 Å². The van der Waals surface area contributed by atoms with Crippen LogP contribution in [0.1, 0.15) is 19.4 Å². The molecule has 4 rings (SSSR count). The number of imide groups is 1. The molecule has 2 aliphatic heterocycles. The van der Waals surface area contributed by atoms with Gasteiger partial charge < -0.3 is 19.9 Å². The van der Waals surface area contributed by atoms with Gasteiger partial charge in [0.05, 0.1) is 12.2 Å². The Morgan fingerprint density at radius 3 is 2.64 bits per heavy atom. The first-order chi connectivity index (χ1) is 13.4. The molecule has 2 saturated heterocycles. The molecule has 148 valence electrons. The highest BCUT2D eigenvalue weighted by molar-refractivity contribution is 6.06. The molecular formula is C20H24N4O4. The first-order valence-corrected chi connectivity index (χ1v) is 9.52. The smallest absolute Gasteiger partial charge is 0.325 e. The minimum absolute atomic E-state index is 0.0644. The second kappa shape index (κ2) is 7.27. The number of ether oxygens (including phenoxy) is 1. The van der Waals surface area contributed by atoms with E-state index in [4.69, 9.17) is 4.74 Å². The van der Waals surface area contributed by atoms with Gasteiger partial charge in [0.1, 0.15) is 12.6 Å². The average Bonchev–Trinajstić information content (AvgIpc) is 3.17. The quantitative estimate of drug-likeness (QED) is 0.776. The first-order valence-electron chi connectivity index (χ1n) is 9.52. The predicted molar refractivity (Wildman–Crippen MR) is 103 cm³/mol. The third-order valence-electron chi connectivity index (χ3n) is 5.27. The van der Waals surface area contributed by atoms with Crippen LogP contribution in [0.15, 0.2) is 30.5 Å². The molecule has 4 amide bonds. The first kappa shape index (κ1) is 18.5. The summed E-state index contributed by atoms with van der Waals surface area (Å²) >= 11 is 0. The predicted octanol–water partition coefficient (Wildman–Crippen LogP) is 1.27. The van der Waals surface area contributed by atoms with Gasteiger partial charge in [-0.1, -0.05) is 18.2 Å². The fraction of sp³-hybridized carbons (Fsp3) is 0.450. The van der Waals surface area contributed by atoms with Crippen molar-refractivity contribution < 1.29 is 19.1 Å². The summed E-state index contributed by atoms with van der Waals surface area (Å²) in [6.07, 6.45) is 2.11. The number of nitrogens with zero attached hydrogens (tertiary/aromatic N) is 2. The highest BCUT2D eigenvalue weighted by Gasteiger charge is 2.40. The van der Waals surface area contributed by atoms with E-state index in [1.54, 1.807) is 4.90 Å². The lowest BCUT2D eigenvalue weighted by Gasteiger charge is -2.35. The van der Waals surface area contributed by atoms with E-state index in [0.717, 1.165) is 21.4 Å². The second-order valence-corrected chi connectivity index (χ2v) is 7.55. The molecule has 2 N–H and O–H groups in total. The van der Waals surface area contributed by atoms with Crippen molar-refractivity contribution in [3.63, 3.8) is 0 Å². The molecule has 28 heavy (non-hydrogen) atoms. The molecule has 1 aromatic heterocycles. The number of hydrogen-bond donors (Lipinski definition) is 2. The van der Waals surface area contributed by atoms with Crippen molar-refractivity contribution >= 4 is 28.7 Å². The van der Waals surface area contributed by atoms with E-state index in [1.165, 1.54) is 0 Å². The molecule has 2 aliphatic rings. The molecule has 1 aromatic carbocycles. The van der Waals surface area contributed by atoms with Gasteiger partial charge in [-0.25, -0.2) is 4.79 Å². The number of fused-ring (bicyclic) bond motifs is 1. The van der Waals surface area contributed by atoms with Gasteiger partial charge in [0.25, 0.3) is 5.91 Å². The number of hydrogen-bond acceptors (Lipinski definition) is 4. The number of nitrogens with one attached hydrogen (secondary N) is 2. The van der Waals surface area contributed by atoms with Crippen LogP contribution in [0, 0.1) is 0 Å². The molecule has 0 radical (unpaired) electrons. The summed E-state index contributed by atoms with van der Waals surface area (Å²) in [6, 6.07) is 6.63. The fourth-order valence-corrected chi connectivity index (χ4v) is 4.00. The Morgan fingerprint density at radius 2 is 1.89 bits per heavy atom. The van der Waals surface area contributed by atoms with Crippen molar-refractivity contribution in [2.24, 2.45) is 0 Å². The number of benzene rings is 1. The van der Waals surface area contributed by atoms with E-state index in [2.05, 4.69) is 10.3 Å². The molecule has 0 spiro atoms. The zero-order valence-electron chi connectivity index (χ0n) is 16.0. The van der Waals surface area contributed by atoms with E-state index in [1.807, 2.05) is 44.3 Å². The molecule has 0 bridgehead atoms. The molecule has 8 heteroatoms. The number of urea groups is 1. The highest BCUT2D eigenvalue weighted by Crippen LogP contribution is 2.21. The number of H-pyrrole nitrogens is 1. The Kier molecular flexibility index (Phi) is 4.80. The van der Waals surface area contributed by atoms with Crippen molar-refractivity contribution in [2.45, 2.75) is 38.5 Å². The number of aromatic nitrogens is 1. The second-order valence-electron chi connectivity index (χ2n) is 7.55. The SMILES string of the molecule is CC1CN(C(=O)CN2C(=O)NC(Cc3c[nH]c4ccccc34)C2=O)CC(C)O1. The Hall–Kier alpha value is -2.87. The van der Waals surface area contributed by atoms with Crippen molar-refractivity contribution in [1.29, 1.82) is 0 Å². The van der Waals surface area contributed by atoms with Gasteiger partial charge in [-0.3, -0.25) is 14.5 Å². The lowest BCUT2D eigenvalue weighted by Crippen LogP contribution is -2.51. The van der Waals surface area contributed by atoms with Crippen LogP contribution in [0.2, 0.25) is 0 Å². The van der Waals surface area contributed by atoms with E-state index in [9.17, 15) is 14.4 Å². The highest BCUT2D eigenvalue weighted by atomic mass is 16.5. The van der Waals surface area contributed by atoms with Crippen molar-refractivity contribution in [3.8, 4) is 0 Å². The van der Waals surface area contributed by atoms with E-state index in [-0.39, 0.29) is 30.6 Å². The summed E-state index contributed by atoms with van der Waals surface area (Å²) in [5.41, 5.74) is 1.94. The largest absolute Gasteiger partial charge is 0.372 e. The van der Waals surface area contributed by atoms with Crippen LogP contribution in [-0.2, 0) is 20.7 Å². The maximum Gasteiger partial charge on any atom is 0.325 e. The van der Waals surface area contributed by atoms with E-state index >= 15 is 0 Å². The van der Waals surface area contributed by atoms with Crippen LogP contribution < -0.4 is 5.32 Å². The van der Waals surface area contributed by atoms with Crippen LogP contribution in [0.3, 0.4) is 0 Å². The van der Waals surface area contributed by atoms with Gasteiger partial charge in [-0.2, -0.15) is 0 Å². The molecule has 2 aromatic rings. The molecule has 3 atom stereocenters. The Balaban J connectivity index is 1.43. The van der Waals surface area contributed by atoms with Gasteiger partial charge in [0, 0.05) is 36.6 Å². The summed E-state index contributed by atoms with van der Waals surface area (Å²) in [4.78, 5) is 43.6. The third-order valence-corrected chi connectivity index (χ3v) is 5.27. The van der Waals surface area contributed by atoms with Gasteiger partial charge in [-0.05, 0) is 25.5 Å². The van der Waals surface area contributed by atoms with Crippen LogP contribution in [0.5, 0.6) is 0 Å². The van der Waals surface area contributed by atoms with Gasteiger partial charge in [-0.15, -0.1) is 0 Å².